The van der Waals surface area contributed by atoms with Gasteiger partial charge in [0, 0.05) is 50.6 Å². The summed E-state index contributed by atoms with van der Waals surface area (Å²) in [4.78, 5) is 11.1. The van der Waals surface area contributed by atoms with E-state index in [9.17, 15) is 5.11 Å². The number of benzene rings is 8. The van der Waals surface area contributed by atoms with Crippen LogP contribution in [-0.2, 0) is 27.1 Å². The molecular formula is C74H76N4O. The molecule has 3 aromatic heterocycles. The summed E-state index contributed by atoms with van der Waals surface area (Å²) in [5, 5.41) is 15.3. The number of rotatable bonds is 7. The number of aromatic hydroxyl groups is 1. The zero-order chi connectivity index (χ0) is 56.1. The number of pyridine rings is 1. The van der Waals surface area contributed by atoms with Crippen LogP contribution in [0, 0.1) is 0 Å². The summed E-state index contributed by atoms with van der Waals surface area (Å²) in [6.45, 7) is 34.0. The molecule has 0 unspecified atom stereocenters. The van der Waals surface area contributed by atoms with Gasteiger partial charge in [-0.1, -0.05) is 201 Å². The highest BCUT2D eigenvalue weighted by atomic mass is 16.3. The molecular weight excluding hydrogens is 961 g/mol. The van der Waals surface area contributed by atoms with Gasteiger partial charge in [-0.3, -0.25) is 9.55 Å². The van der Waals surface area contributed by atoms with E-state index in [4.69, 9.17) is 9.97 Å². The Hall–Kier alpha value is -8.02. The summed E-state index contributed by atoms with van der Waals surface area (Å²) in [6.07, 6.45) is 1.96. The average Bonchev–Trinajstić information content (AvgIpc) is 3.97. The van der Waals surface area contributed by atoms with Gasteiger partial charge >= 0.3 is 0 Å². The zero-order valence-electron chi connectivity index (χ0n) is 49.1. The predicted octanol–water partition coefficient (Wildman–Crippen LogP) is 20.0. The van der Waals surface area contributed by atoms with Gasteiger partial charge in [0.05, 0.1) is 33.3 Å². The second-order valence-electron chi connectivity index (χ2n) is 27.1. The topological polar surface area (TPSA) is 55.9 Å². The summed E-state index contributed by atoms with van der Waals surface area (Å²) < 4.78 is 4.76. The van der Waals surface area contributed by atoms with Gasteiger partial charge in [-0.15, -0.1) is 0 Å². The lowest BCUT2D eigenvalue weighted by Crippen LogP contribution is -2.18. The fraction of sp³-hybridized carbons (Fsp3) is 0.270. The first kappa shape index (κ1) is 53.0. The van der Waals surface area contributed by atoms with Gasteiger partial charge in [-0.2, -0.15) is 0 Å². The maximum atomic E-state index is 12.8. The summed E-state index contributed by atoms with van der Waals surface area (Å²) in [6, 6.07) is 64.3. The van der Waals surface area contributed by atoms with Crippen LogP contribution in [0.1, 0.15) is 132 Å². The minimum Gasteiger partial charge on any atom is -0.507 e. The number of imidazole rings is 1. The van der Waals surface area contributed by atoms with E-state index in [0.717, 1.165) is 89.3 Å². The number of para-hydroxylation sites is 3. The quantitative estimate of drug-likeness (QED) is 0.173. The van der Waals surface area contributed by atoms with Crippen molar-refractivity contribution >= 4 is 32.8 Å². The fourth-order valence-electron chi connectivity index (χ4n) is 11.3. The molecule has 79 heavy (non-hydrogen) atoms. The van der Waals surface area contributed by atoms with Crippen molar-refractivity contribution in [3.8, 4) is 73.2 Å². The van der Waals surface area contributed by atoms with Crippen molar-refractivity contribution in [1.82, 2.24) is 19.1 Å². The molecule has 0 saturated carbocycles. The molecule has 8 aromatic carbocycles. The number of phenols is 1. The van der Waals surface area contributed by atoms with Gasteiger partial charge < -0.3 is 9.67 Å². The molecule has 0 aliphatic heterocycles. The van der Waals surface area contributed by atoms with Crippen LogP contribution in [-0.4, -0.2) is 24.2 Å². The molecule has 11 aromatic rings. The van der Waals surface area contributed by atoms with Gasteiger partial charge in [0.2, 0.25) is 0 Å². The fourth-order valence-corrected chi connectivity index (χ4v) is 11.3. The van der Waals surface area contributed by atoms with Crippen molar-refractivity contribution in [3.05, 3.63) is 210 Å². The Morgan fingerprint density at radius 3 is 1.57 bits per heavy atom. The molecule has 1 N–H and O–H groups in total. The highest BCUT2D eigenvalue weighted by Crippen LogP contribution is 2.47. The second kappa shape index (κ2) is 19.1. The van der Waals surface area contributed by atoms with Crippen molar-refractivity contribution in [2.24, 2.45) is 0 Å². The minimum atomic E-state index is -0.348. The van der Waals surface area contributed by atoms with Crippen LogP contribution in [0.3, 0.4) is 0 Å². The first-order valence-electron chi connectivity index (χ1n) is 28.1. The molecule has 3 heterocycles. The van der Waals surface area contributed by atoms with Crippen molar-refractivity contribution in [1.29, 1.82) is 0 Å². The highest BCUT2D eigenvalue weighted by Gasteiger charge is 2.31. The molecule has 0 bridgehead atoms. The van der Waals surface area contributed by atoms with Gasteiger partial charge in [0.15, 0.2) is 0 Å². The minimum absolute atomic E-state index is 0.144. The van der Waals surface area contributed by atoms with Gasteiger partial charge in [0.25, 0.3) is 0 Å². The van der Waals surface area contributed by atoms with Gasteiger partial charge in [-0.05, 0) is 150 Å². The normalized spacial score (nSPS) is 12.8. The number of phenolic OH excluding ortho intramolecular Hbond substituents is 1. The molecule has 5 heteroatoms. The molecule has 5 nitrogen and oxygen atoms in total. The van der Waals surface area contributed by atoms with E-state index in [0.29, 0.717) is 5.82 Å². The maximum Gasteiger partial charge on any atom is 0.149 e. The Kier molecular flexibility index (Phi) is 12.8. The van der Waals surface area contributed by atoms with Crippen molar-refractivity contribution in [3.63, 3.8) is 0 Å². The highest BCUT2D eigenvalue weighted by molar-refractivity contribution is 6.14. The second-order valence-corrected chi connectivity index (χ2v) is 27.1. The van der Waals surface area contributed by atoms with E-state index >= 15 is 0 Å². The van der Waals surface area contributed by atoms with E-state index in [1.807, 2.05) is 6.20 Å². The molecule has 0 saturated heterocycles. The summed E-state index contributed by atoms with van der Waals surface area (Å²) in [5.74, 6) is 0.968. The van der Waals surface area contributed by atoms with Crippen LogP contribution in [0.4, 0.5) is 0 Å². The Bertz CT molecular complexity index is 4100. The van der Waals surface area contributed by atoms with Crippen LogP contribution in [0.2, 0.25) is 0 Å². The van der Waals surface area contributed by atoms with Gasteiger partial charge in [0.1, 0.15) is 11.6 Å². The van der Waals surface area contributed by atoms with E-state index in [2.05, 4.69) is 289 Å². The SMILES string of the molecule is CC(C)(C)c1cc(-n2c(-c3cc(C(C)(C)C)cc(C(C)(C)C)c3O)nc3c(-c4cc(-c5ccccc5)cc(-c5cc(-c6cccc7c8ccccc8n(-c8ccccc8)c67)ccn5)c4)cc(C(C)(C)C)cc32)cc(C(C)(C)C)c1. The van der Waals surface area contributed by atoms with Crippen molar-refractivity contribution in [2.75, 3.05) is 0 Å². The molecule has 0 radical (unpaired) electrons. The first-order valence-corrected chi connectivity index (χ1v) is 28.1. The lowest BCUT2D eigenvalue weighted by Gasteiger charge is -2.28. The van der Waals surface area contributed by atoms with Crippen LogP contribution >= 0.6 is 0 Å². The molecule has 0 amide bonds. The van der Waals surface area contributed by atoms with Crippen molar-refractivity contribution in [2.45, 2.75) is 131 Å². The summed E-state index contributed by atoms with van der Waals surface area (Å²) in [7, 11) is 0. The number of hydrogen-bond acceptors (Lipinski definition) is 3. The molecule has 398 valence electrons. The third-order valence-electron chi connectivity index (χ3n) is 16.0. The lowest BCUT2D eigenvalue weighted by molar-refractivity contribution is 0.446. The Morgan fingerprint density at radius 1 is 0.367 bits per heavy atom. The van der Waals surface area contributed by atoms with Crippen LogP contribution in [0.25, 0.3) is 100 Å². The number of aromatic nitrogens is 4. The third kappa shape index (κ3) is 9.87. The van der Waals surface area contributed by atoms with Crippen LogP contribution in [0.15, 0.2) is 182 Å². The Morgan fingerprint density at radius 2 is 0.924 bits per heavy atom. The van der Waals surface area contributed by atoms with Gasteiger partial charge in [-0.25, -0.2) is 4.98 Å². The van der Waals surface area contributed by atoms with Crippen LogP contribution in [0.5, 0.6) is 5.75 Å². The molecule has 0 atom stereocenters. The number of hydrogen-bond donors (Lipinski definition) is 1. The van der Waals surface area contributed by atoms with E-state index in [1.54, 1.807) is 0 Å². The molecule has 0 spiro atoms. The van der Waals surface area contributed by atoms with Crippen molar-refractivity contribution < 1.29 is 5.11 Å². The third-order valence-corrected chi connectivity index (χ3v) is 16.0. The Balaban J connectivity index is 1.22. The standard InChI is InChI=1S/C74H76N4O/c1-70(2,3)51-39-52(71(4,5)6)41-56(40-51)78-65-45-54(73(10,11)12)42-60(66(65)76-69(78)61-43-53(72(7,8)9)44-62(68(61)79)74(13,14)15)49-35-48(46-25-18-16-19-26-46)36-50(37-49)63-38-47(33-34-75-63)57-30-24-31-59-58-29-22-23-32-64(58)77(67(57)59)55-27-20-17-21-28-55/h16-45,79H,1-15H3. The lowest BCUT2D eigenvalue weighted by atomic mass is 9.78. The largest absolute Gasteiger partial charge is 0.507 e. The Labute approximate surface area is 468 Å². The monoisotopic (exact) mass is 1040 g/mol. The maximum absolute atomic E-state index is 12.8. The van der Waals surface area contributed by atoms with E-state index in [-0.39, 0.29) is 32.8 Å². The zero-order valence-corrected chi connectivity index (χ0v) is 49.1. The summed E-state index contributed by atoms with van der Waals surface area (Å²) >= 11 is 0. The smallest absolute Gasteiger partial charge is 0.149 e. The average molecular weight is 1040 g/mol. The molecule has 11 rings (SSSR count). The predicted molar refractivity (Wildman–Crippen MR) is 336 cm³/mol. The van der Waals surface area contributed by atoms with E-state index < -0.39 is 0 Å². The van der Waals surface area contributed by atoms with E-state index in [1.165, 1.54) is 33.0 Å². The number of nitrogens with zero attached hydrogens (tertiary/aromatic N) is 4. The molecule has 0 aliphatic rings. The first-order chi connectivity index (χ1) is 37.2. The van der Waals surface area contributed by atoms with Crippen LogP contribution < -0.4 is 0 Å². The summed E-state index contributed by atoms with van der Waals surface area (Å²) in [5.41, 5.74) is 20.0. The number of fused-ring (bicyclic) bond motifs is 4. The molecule has 0 aliphatic carbocycles. The molecule has 0 fully saturated rings.